The zero-order chi connectivity index (χ0) is 12.6. The predicted molar refractivity (Wildman–Crippen MR) is 60.2 cm³/mol. The second-order valence-electron chi connectivity index (χ2n) is 5.73. The molecule has 0 unspecified atom stereocenters. The van der Waals surface area contributed by atoms with Crippen LogP contribution in [0.1, 0.15) is 20.8 Å². The van der Waals surface area contributed by atoms with Crippen LogP contribution in [0, 0.1) is 0 Å². The van der Waals surface area contributed by atoms with Crippen molar-refractivity contribution < 1.29 is 13.9 Å². The number of ether oxygens (including phenoxy) is 1. The molecule has 0 saturated carbocycles. The van der Waals surface area contributed by atoms with E-state index in [1.54, 1.807) is 25.7 Å². The van der Waals surface area contributed by atoms with Crippen LogP contribution < -0.4 is 0 Å². The number of carbonyl (C=O) groups excluding carboxylic acids is 1. The number of halogens is 1. The van der Waals surface area contributed by atoms with E-state index in [2.05, 4.69) is 0 Å². The number of carbonyl (C=O) groups is 1. The van der Waals surface area contributed by atoms with E-state index in [1.807, 2.05) is 14.1 Å². The van der Waals surface area contributed by atoms with Gasteiger partial charge in [0.1, 0.15) is 5.60 Å². The lowest BCUT2D eigenvalue weighted by Gasteiger charge is -2.45. The number of likely N-dealkylation sites (tertiary alicyclic amines) is 1. The molecule has 0 N–H and O–H groups in total. The Labute approximate surface area is 96.3 Å². The fraction of sp³-hybridized carbons (Fsp3) is 0.909. The van der Waals surface area contributed by atoms with E-state index in [1.165, 1.54) is 4.90 Å². The normalized spacial score (nSPS) is 19.6. The predicted octanol–water partition coefficient (Wildman–Crippen LogP) is 1.51. The molecular formula is C11H21FN2O2. The van der Waals surface area contributed by atoms with Crippen molar-refractivity contribution in [2.75, 3.05) is 33.7 Å². The van der Waals surface area contributed by atoms with Gasteiger partial charge >= 0.3 is 6.09 Å². The highest BCUT2D eigenvalue weighted by atomic mass is 19.1. The third-order valence-corrected chi connectivity index (χ3v) is 2.20. The first-order valence-electron chi connectivity index (χ1n) is 5.43. The Morgan fingerprint density at radius 1 is 1.44 bits per heavy atom. The lowest BCUT2D eigenvalue weighted by Crippen LogP contribution is -2.65. The summed E-state index contributed by atoms with van der Waals surface area (Å²) in [4.78, 5) is 14.7. The van der Waals surface area contributed by atoms with Crippen molar-refractivity contribution in [3.63, 3.8) is 0 Å². The number of hydrogen-bond acceptors (Lipinski definition) is 3. The fourth-order valence-electron chi connectivity index (χ4n) is 1.76. The summed E-state index contributed by atoms with van der Waals surface area (Å²) in [6.07, 6.45) is -0.431. The minimum Gasteiger partial charge on any atom is -0.444 e. The summed E-state index contributed by atoms with van der Waals surface area (Å²) in [6, 6.07) is 0. The molecule has 0 aliphatic carbocycles. The molecule has 1 saturated heterocycles. The Bertz CT molecular complexity index is 268. The molecule has 1 heterocycles. The van der Waals surface area contributed by atoms with E-state index in [0.717, 1.165) is 0 Å². The first-order chi connectivity index (χ1) is 7.11. The zero-order valence-corrected chi connectivity index (χ0v) is 10.7. The zero-order valence-electron chi connectivity index (χ0n) is 10.7. The topological polar surface area (TPSA) is 32.8 Å². The van der Waals surface area contributed by atoms with Crippen molar-refractivity contribution in [1.82, 2.24) is 9.80 Å². The van der Waals surface area contributed by atoms with Gasteiger partial charge in [-0.2, -0.15) is 0 Å². The molecule has 0 aromatic carbocycles. The lowest BCUT2D eigenvalue weighted by molar-refractivity contribution is -0.0593. The maximum Gasteiger partial charge on any atom is 0.410 e. The smallest absolute Gasteiger partial charge is 0.410 e. The molecular weight excluding hydrogens is 211 g/mol. The largest absolute Gasteiger partial charge is 0.444 e. The first kappa shape index (κ1) is 13.2. The minimum atomic E-state index is -1.28. The first-order valence-corrected chi connectivity index (χ1v) is 5.43. The lowest BCUT2D eigenvalue weighted by atomic mass is 9.96. The van der Waals surface area contributed by atoms with Gasteiger partial charge in [0, 0.05) is 6.54 Å². The maximum atomic E-state index is 13.9. The van der Waals surface area contributed by atoms with Gasteiger partial charge < -0.3 is 14.5 Å². The summed E-state index contributed by atoms with van der Waals surface area (Å²) >= 11 is 0. The highest BCUT2D eigenvalue weighted by Gasteiger charge is 2.47. The third-order valence-electron chi connectivity index (χ3n) is 2.20. The van der Waals surface area contributed by atoms with E-state index in [-0.39, 0.29) is 13.1 Å². The number of amides is 1. The molecule has 5 heteroatoms. The van der Waals surface area contributed by atoms with Crippen molar-refractivity contribution in [2.24, 2.45) is 0 Å². The van der Waals surface area contributed by atoms with Gasteiger partial charge in [0.2, 0.25) is 0 Å². The van der Waals surface area contributed by atoms with Gasteiger partial charge in [-0.3, -0.25) is 0 Å². The van der Waals surface area contributed by atoms with E-state index < -0.39 is 17.4 Å². The molecule has 0 bridgehead atoms. The van der Waals surface area contributed by atoms with E-state index >= 15 is 0 Å². The van der Waals surface area contributed by atoms with Crippen molar-refractivity contribution in [3.8, 4) is 0 Å². The average molecular weight is 232 g/mol. The number of hydrogen-bond donors (Lipinski definition) is 0. The summed E-state index contributed by atoms with van der Waals surface area (Å²) in [5, 5.41) is 0. The van der Waals surface area contributed by atoms with E-state index in [9.17, 15) is 9.18 Å². The number of alkyl halides is 1. The Morgan fingerprint density at radius 3 is 2.31 bits per heavy atom. The molecule has 0 aromatic heterocycles. The number of rotatable bonds is 2. The van der Waals surface area contributed by atoms with Crippen molar-refractivity contribution >= 4 is 6.09 Å². The Morgan fingerprint density at radius 2 is 1.94 bits per heavy atom. The van der Waals surface area contributed by atoms with Crippen LogP contribution in [0.25, 0.3) is 0 Å². The van der Waals surface area contributed by atoms with Crippen LogP contribution in [0.5, 0.6) is 0 Å². The van der Waals surface area contributed by atoms with Gasteiger partial charge in [-0.15, -0.1) is 0 Å². The van der Waals surface area contributed by atoms with Crippen molar-refractivity contribution in [2.45, 2.75) is 32.0 Å². The molecule has 0 radical (unpaired) electrons. The summed E-state index contributed by atoms with van der Waals surface area (Å²) < 4.78 is 19.1. The number of nitrogens with zero attached hydrogens (tertiary/aromatic N) is 2. The summed E-state index contributed by atoms with van der Waals surface area (Å²) in [5.41, 5.74) is -1.80. The highest BCUT2D eigenvalue weighted by molar-refractivity contribution is 5.69. The van der Waals surface area contributed by atoms with Crippen LogP contribution in [0.15, 0.2) is 0 Å². The van der Waals surface area contributed by atoms with Gasteiger partial charge in [-0.25, -0.2) is 9.18 Å². The Balaban J connectivity index is 2.38. The van der Waals surface area contributed by atoms with Crippen LogP contribution in [-0.2, 0) is 4.74 Å². The van der Waals surface area contributed by atoms with E-state index in [4.69, 9.17) is 4.74 Å². The Hall–Kier alpha value is -0.840. The molecule has 1 aliphatic rings. The third kappa shape index (κ3) is 3.63. The maximum absolute atomic E-state index is 13.9. The van der Waals surface area contributed by atoms with Crippen LogP contribution in [0.2, 0.25) is 0 Å². The minimum absolute atomic E-state index is 0.125. The van der Waals surface area contributed by atoms with Crippen molar-refractivity contribution in [1.29, 1.82) is 0 Å². The average Bonchev–Trinajstić information content (AvgIpc) is 1.94. The van der Waals surface area contributed by atoms with E-state index in [0.29, 0.717) is 6.54 Å². The van der Waals surface area contributed by atoms with Crippen LogP contribution in [0.4, 0.5) is 9.18 Å². The van der Waals surface area contributed by atoms with Crippen molar-refractivity contribution in [3.05, 3.63) is 0 Å². The van der Waals surface area contributed by atoms with Crippen LogP contribution in [0.3, 0.4) is 0 Å². The van der Waals surface area contributed by atoms with Gasteiger partial charge in [0.05, 0.1) is 13.1 Å². The van der Waals surface area contributed by atoms with Crippen LogP contribution >= 0.6 is 0 Å². The molecule has 4 nitrogen and oxygen atoms in total. The molecule has 16 heavy (non-hydrogen) atoms. The van der Waals surface area contributed by atoms with Gasteiger partial charge in [-0.05, 0) is 34.9 Å². The standard InChI is InChI=1S/C11H21FN2O2/c1-10(2,3)16-9(15)14-7-11(12,8-14)6-13(4)5/h6-8H2,1-5H3. The molecule has 1 fully saturated rings. The Kier molecular flexibility index (Phi) is 3.47. The highest BCUT2D eigenvalue weighted by Crippen LogP contribution is 2.27. The summed E-state index contributed by atoms with van der Waals surface area (Å²) in [5.74, 6) is 0. The second kappa shape index (κ2) is 4.20. The molecule has 0 spiro atoms. The van der Waals surface area contributed by atoms with Gasteiger partial charge in [0.25, 0.3) is 0 Å². The fourth-order valence-corrected chi connectivity index (χ4v) is 1.76. The molecule has 94 valence electrons. The quantitative estimate of drug-likeness (QED) is 0.723. The summed E-state index contributed by atoms with van der Waals surface area (Å²) in [7, 11) is 3.63. The molecule has 0 aromatic rings. The molecule has 1 aliphatic heterocycles. The van der Waals surface area contributed by atoms with Gasteiger partial charge in [-0.1, -0.05) is 0 Å². The molecule has 0 atom stereocenters. The van der Waals surface area contributed by atoms with Crippen LogP contribution in [-0.4, -0.2) is 60.9 Å². The SMILES string of the molecule is CN(C)CC1(F)CN(C(=O)OC(C)(C)C)C1. The summed E-state index contributed by atoms with van der Waals surface area (Å²) in [6.45, 7) is 5.99. The monoisotopic (exact) mass is 232 g/mol. The second-order valence-corrected chi connectivity index (χ2v) is 5.73. The van der Waals surface area contributed by atoms with Gasteiger partial charge in [0.15, 0.2) is 5.67 Å². The molecule has 1 amide bonds. The molecule has 1 rings (SSSR count).